The van der Waals surface area contributed by atoms with E-state index in [2.05, 4.69) is 49.8 Å². The topological polar surface area (TPSA) is 35.0 Å². The SMILES string of the molecule is CCCCCC[C@@H](C)Oc1ccc(-c2ncc(CCCCC(C)CC)cn2)cc1. The molecule has 0 aliphatic rings. The third-order valence-corrected chi connectivity index (χ3v) is 5.73. The molecule has 2 aromatic rings. The van der Waals surface area contributed by atoms with Crippen LogP contribution in [0, 0.1) is 5.92 Å². The van der Waals surface area contributed by atoms with E-state index in [0.29, 0.717) is 0 Å². The molecule has 1 aromatic carbocycles. The molecule has 0 spiro atoms. The molecule has 1 unspecified atom stereocenters. The van der Waals surface area contributed by atoms with Crippen LogP contribution in [-0.4, -0.2) is 16.1 Å². The number of ether oxygens (including phenoxy) is 1. The van der Waals surface area contributed by atoms with E-state index < -0.39 is 0 Å². The Morgan fingerprint density at radius 2 is 1.52 bits per heavy atom. The molecular formula is C26H40N2O. The number of unbranched alkanes of at least 4 members (excludes halogenated alkanes) is 4. The van der Waals surface area contributed by atoms with E-state index >= 15 is 0 Å². The fourth-order valence-corrected chi connectivity index (χ4v) is 3.49. The van der Waals surface area contributed by atoms with Crippen LogP contribution in [0.2, 0.25) is 0 Å². The van der Waals surface area contributed by atoms with Crippen LogP contribution in [0.25, 0.3) is 11.4 Å². The van der Waals surface area contributed by atoms with Crippen LogP contribution in [0.15, 0.2) is 36.7 Å². The Bertz CT molecular complexity index is 666. The lowest BCUT2D eigenvalue weighted by Gasteiger charge is -2.14. The van der Waals surface area contributed by atoms with Gasteiger partial charge in [0.2, 0.25) is 0 Å². The van der Waals surface area contributed by atoms with Gasteiger partial charge in [-0.15, -0.1) is 0 Å². The summed E-state index contributed by atoms with van der Waals surface area (Å²) < 4.78 is 6.04. The van der Waals surface area contributed by atoms with Crippen molar-refractivity contribution in [1.82, 2.24) is 9.97 Å². The van der Waals surface area contributed by atoms with Gasteiger partial charge in [-0.1, -0.05) is 59.3 Å². The molecule has 3 heteroatoms. The highest BCUT2D eigenvalue weighted by Gasteiger charge is 2.06. The van der Waals surface area contributed by atoms with Crippen molar-refractivity contribution in [2.45, 2.75) is 98.0 Å². The van der Waals surface area contributed by atoms with Crippen molar-refractivity contribution in [2.24, 2.45) is 5.92 Å². The molecule has 3 nitrogen and oxygen atoms in total. The highest BCUT2D eigenvalue weighted by molar-refractivity contribution is 5.55. The lowest BCUT2D eigenvalue weighted by Crippen LogP contribution is -2.11. The van der Waals surface area contributed by atoms with Gasteiger partial charge in [-0.25, -0.2) is 9.97 Å². The third kappa shape index (κ3) is 8.97. The van der Waals surface area contributed by atoms with E-state index in [1.165, 1.54) is 56.9 Å². The van der Waals surface area contributed by atoms with E-state index in [1.807, 2.05) is 24.5 Å². The minimum absolute atomic E-state index is 0.258. The molecule has 0 radical (unpaired) electrons. The standard InChI is InChI=1S/C26H40N2O/c1-5-7-8-9-13-22(4)29-25-17-15-24(16-18-25)26-27-19-23(20-28-26)14-11-10-12-21(3)6-2/h15-22H,5-14H2,1-4H3/t21?,22-/m1/s1. The zero-order chi connectivity index (χ0) is 20.9. The van der Waals surface area contributed by atoms with Gasteiger partial charge in [-0.3, -0.25) is 0 Å². The van der Waals surface area contributed by atoms with Crippen LogP contribution in [0.1, 0.15) is 91.0 Å². The smallest absolute Gasteiger partial charge is 0.159 e. The predicted octanol–water partition coefficient (Wildman–Crippen LogP) is 7.64. The first-order valence-electron chi connectivity index (χ1n) is 11.7. The van der Waals surface area contributed by atoms with Crippen LogP contribution in [0.4, 0.5) is 0 Å². The zero-order valence-corrected chi connectivity index (χ0v) is 19.0. The van der Waals surface area contributed by atoms with Crippen molar-refractivity contribution in [3.8, 4) is 17.1 Å². The van der Waals surface area contributed by atoms with Crippen molar-refractivity contribution < 1.29 is 4.74 Å². The normalized spacial score (nSPS) is 13.2. The minimum Gasteiger partial charge on any atom is -0.491 e. The molecule has 1 aromatic heterocycles. The molecule has 0 aliphatic heterocycles. The molecule has 0 fully saturated rings. The maximum atomic E-state index is 6.04. The van der Waals surface area contributed by atoms with Gasteiger partial charge in [0, 0.05) is 18.0 Å². The average Bonchev–Trinajstić information content (AvgIpc) is 2.75. The van der Waals surface area contributed by atoms with Crippen molar-refractivity contribution in [2.75, 3.05) is 0 Å². The second-order valence-corrected chi connectivity index (χ2v) is 8.48. The second kappa shape index (κ2) is 13.3. The van der Waals surface area contributed by atoms with Crippen molar-refractivity contribution in [3.05, 3.63) is 42.2 Å². The van der Waals surface area contributed by atoms with Crippen LogP contribution < -0.4 is 4.74 Å². The first-order chi connectivity index (χ1) is 14.1. The molecule has 2 rings (SSSR count). The zero-order valence-electron chi connectivity index (χ0n) is 19.0. The summed E-state index contributed by atoms with van der Waals surface area (Å²) in [5, 5.41) is 0. The molecule has 1 heterocycles. The summed E-state index contributed by atoms with van der Waals surface area (Å²) in [6, 6.07) is 8.18. The molecule has 0 aliphatic carbocycles. The number of hydrogen-bond acceptors (Lipinski definition) is 3. The number of aryl methyl sites for hydroxylation is 1. The molecule has 0 amide bonds. The molecule has 2 atom stereocenters. The minimum atomic E-state index is 0.258. The van der Waals surface area contributed by atoms with E-state index in [1.54, 1.807) is 0 Å². The average molecular weight is 397 g/mol. The molecule has 0 saturated carbocycles. The van der Waals surface area contributed by atoms with Crippen molar-refractivity contribution in [1.29, 1.82) is 0 Å². The van der Waals surface area contributed by atoms with E-state index in [-0.39, 0.29) is 6.10 Å². The Hall–Kier alpha value is -1.90. The molecule has 29 heavy (non-hydrogen) atoms. The summed E-state index contributed by atoms with van der Waals surface area (Å²) in [6.45, 7) is 9.01. The Morgan fingerprint density at radius 1 is 0.828 bits per heavy atom. The second-order valence-electron chi connectivity index (χ2n) is 8.48. The monoisotopic (exact) mass is 396 g/mol. The summed E-state index contributed by atoms with van der Waals surface area (Å²) in [4.78, 5) is 9.15. The first kappa shape index (κ1) is 23.4. The molecular weight excluding hydrogens is 356 g/mol. The maximum absolute atomic E-state index is 6.04. The Morgan fingerprint density at radius 3 is 2.17 bits per heavy atom. The van der Waals surface area contributed by atoms with Crippen LogP contribution >= 0.6 is 0 Å². The van der Waals surface area contributed by atoms with Crippen molar-refractivity contribution in [3.63, 3.8) is 0 Å². The number of hydrogen-bond donors (Lipinski definition) is 0. The Balaban J connectivity index is 1.78. The number of nitrogens with zero attached hydrogens (tertiary/aromatic N) is 2. The third-order valence-electron chi connectivity index (χ3n) is 5.73. The van der Waals surface area contributed by atoms with Gasteiger partial charge in [-0.2, -0.15) is 0 Å². The van der Waals surface area contributed by atoms with E-state index in [4.69, 9.17) is 4.74 Å². The molecule has 160 valence electrons. The van der Waals surface area contributed by atoms with Crippen LogP contribution in [0.3, 0.4) is 0 Å². The van der Waals surface area contributed by atoms with Crippen LogP contribution in [0.5, 0.6) is 5.75 Å². The van der Waals surface area contributed by atoms with Gasteiger partial charge in [0.1, 0.15) is 5.75 Å². The van der Waals surface area contributed by atoms with Gasteiger partial charge in [0.25, 0.3) is 0 Å². The predicted molar refractivity (Wildman–Crippen MR) is 123 cm³/mol. The Labute approximate surface area is 178 Å². The molecule has 0 bridgehead atoms. The summed E-state index contributed by atoms with van der Waals surface area (Å²) in [7, 11) is 0. The number of benzene rings is 1. The van der Waals surface area contributed by atoms with E-state index in [9.17, 15) is 0 Å². The Kier molecular flexibility index (Phi) is 10.8. The van der Waals surface area contributed by atoms with Gasteiger partial charge in [0.15, 0.2) is 5.82 Å². The largest absolute Gasteiger partial charge is 0.491 e. The fourth-order valence-electron chi connectivity index (χ4n) is 3.49. The van der Waals surface area contributed by atoms with Crippen LogP contribution in [-0.2, 0) is 6.42 Å². The quantitative estimate of drug-likeness (QED) is 0.308. The van der Waals surface area contributed by atoms with Gasteiger partial charge < -0.3 is 4.74 Å². The summed E-state index contributed by atoms with van der Waals surface area (Å²) in [5.74, 6) is 2.55. The van der Waals surface area contributed by atoms with E-state index in [0.717, 1.165) is 35.9 Å². The molecule has 0 saturated heterocycles. The number of aromatic nitrogens is 2. The highest BCUT2D eigenvalue weighted by atomic mass is 16.5. The fraction of sp³-hybridized carbons (Fsp3) is 0.615. The lowest BCUT2D eigenvalue weighted by atomic mass is 10.00. The maximum Gasteiger partial charge on any atom is 0.159 e. The number of rotatable bonds is 14. The highest BCUT2D eigenvalue weighted by Crippen LogP contribution is 2.21. The van der Waals surface area contributed by atoms with Gasteiger partial charge in [-0.05, 0) is 68.4 Å². The van der Waals surface area contributed by atoms with Gasteiger partial charge in [0.05, 0.1) is 6.10 Å². The lowest BCUT2D eigenvalue weighted by molar-refractivity contribution is 0.206. The summed E-state index contributed by atoms with van der Waals surface area (Å²) in [6.07, 6.45) is 16.6. The van der Waals surface area contributed by atoms with Crippen molar-refractivity contribution >= 4 is 0 Å². The summed E-state index contributed by atoms with van der Waals surface area (Å²) >= 11 is 0. The molecule has 0 N–H and O–H groups in total. The first-order valence-corrected chi connectivity index (χ1v) is 11.7. The summed E-state index contributed by atoms with van der Waals surface area (Å²) in [5.41, 5.74) is 2.27. The van der Waals surface area contributed by atoms with Gasteiger partial charge >= 0.3 is 0 Å².